The standard InChI is InChI=1S/C6H15N3O2/c1-8-9-4-2-3-5(7)6(10)11/h5,8-9H,2-4,7H2,1H3,(H,10,11). The first-order valence-corrected chi connectivity index (χ1v) is 3.56. The zero-order valence-corrected chi connectivity index (χ0v) is 6.63. The first kappa shape index (κ1) is 10.3. The summed E-state index contributed by atoms with van der Waals surface area (Å²) in [6.07, 6.45) is 1.26. The van der Waals surface area contributed by atoms with E-state index in [1.807, 2.05) is 0 Å². The maximum atomic E-state index is 10.2. The predicted molar refractivity (Wildman–Crippen MR) is 41.9 cm³/mol. The molecule has 0 fully saturated rings. The molecule has 1 atom stereocenters. The summed E-state index contributed by atoms with van der Waals surface area (Å²) in [4.78, 5) is 10.2. The highest BCUT2D eigenvalue weighted by atomic mass is 16.4. The molecule has 0 aliphatic carbocycles. The molecule has 5 N–H and O–H groups in total. The van der Waals surface area contributed by atoms with Crippen LogP contribution < -0.4 is 16.6 Å². The van der Waals surface area contributed by atoms with E-state index >= 15 is 0 Å². The first-order chi connectivity index (χ1) is 5.18. The molecule has 0 aliphatic rings. The predicted octanol–water partition coefficient (Wildman–Crippen LogP) is -1.10. The van der Waals surface area contributed by atoms with Crippen molar-refractivity contribution in [1.82, 2.24) is 10.9 Å². The van der Waals surface area contributed by atoms with Crippen LogP contribution in [0.5, 0.6) is 0 Å². The van der Waals surface area contributed by atoms with Crippen molar-refractivity contribution in [2.75, 3.05) is 13.6 Å². The summed E-state index contributed by atoms with van der Waals surface area (Å²) in [5, 5.41) is 8.38. The fraction of sp³-hybridized carbons (Fsp3) is 0.833. The summed E-state index contributed by atoms with van der Waals surface area (Å²) < 4.78 is 0. The second-order valence-electron chi connectivity index (χ2n) is 2.26. The van der Waals surface area contributed by atoms with Crippen LogP contribution in [0, 0.1) is 0 Å². The molecule has 0 rings (SSSR count). The quantitative estimate of drug-likeness (QED) is 0.293. The van der Waals surface area contributed by atoms with Crippen molar-refractivity contribution in [2.45, 2.75) is 18.9 Å². The summed E-state index contributed by atoms with van der Waals surface area (Å²) in [7, 11) is 1.76. The molecule has 0 bridgehead atoms. The number of nitrogens with two attached hydrogens (primary N) is 1. The molecule has 0 spiro atoms. The Hall–Kier alpha value is -0.650. The third-order valence-corrected chi connectivity index (χ3v) is 1.31. The summed E-state index contributed by atoms with van der Waals surface area (Å²) in [5.74, 6) is -0.936. The molecule has 11 heavy (non-hydrogen) atoms. The largest absolute Gasteiger partial charge is 0.480 e. The monoisotopic (exact) mass is 161 g/mol. The van der Waals surface area contributed by atoms with Gasteiger partial charge in [0, 0.05) is 6.54 Å². The van der Waals surface area contributed by atoms with Crippen molar-refractivity contribution in [3.63, 3.8) is 0 Å². The Kier molecular flexibility index (Phi) is 5.73. The molecule has 0 aromatic heterocycles. The van der Waals surface area contributed by atoms with Crippen molar-refractivity contribution in [2.24, 2.45) is 5.73 Å². The number of hydrogen-bond acceptors (Lipinski definition) is 4. The minimum absolute atomic E-state index is 0.504. The van der Waals surface area contributed by atoms with E-state index in [-0.39, 0.29) is 0 Å². The van der Waals surface area contributed by atoms with E-state index in [0.717, 1.165) is 13.0 Å². The number of hydrogen-bond donors (Lipinski definition) is 4. The fourth-order valence-electron chi connectivity index (χ4n) is 0.659. The third-order valence-electron chi connectivity index (χ3n) is 1.31. The number of nitrogens with one attached hydrogen (secondary N) is 2. The highest BCUT2D eigenvalue weighted by Crippen LogP contribution is 1.92. The molecule has 5 nitrogen and oxygen atoms in total. The number of rotatable bonds is 6. The van der Waals surface area contributed by atoms with Gasteiger partial charge in [0.15, 0.2) is 0 Å². The van der Waals surface area contributed by atoms with Gasteiger partial charge >= 0.3 is 5.97 Å². The van der Waals surface area contributed by atoms with E-state index in [4.69, 9.17) is 10.8 Å². The SMILES string of the molecule is CNNCCCC(N)C(=O)O. The summed E-state index contributed by atoms with van der Waals surface area (Å²) in [6.45, 7) is 0.734. The highest BCUT2D eigenvalue weighted by Gasteiger charge is 2.09. The smallest absolute Gasteiger partial charge is 0.320 e. The van der Waals surface area contributed by atoms with Crippen molar-refractivity contribution in [3.05, 3.63) is 0 Å². The molecule has 0 aliphatic heterocycles. The van der Waals surface area contributed by atoms with Crippen LogP contribution in [0.3, 0.4) is 0 Å². The highest BCUT2D eigenvalue weighted by molar-refractivity contribution is 5.72. The molecule has 0 saturated heterocycles. The van der Waals surface area contributed by atoms with Gasteiger partial charge in [-0.1, -0.05) is 0 Å². The van der Waals surface area contributed by atoms with Crippen molar-refractivity contribution >= 4 is 5.97 Å². The van der Waals surface area contributed by atoms with Crippen LogP contribution in [0.1, 0.15) is 12.8 Å². The van der Waals surface area contributed by atoms with Crippen LogP contribution in [0.25, 0.3) is 0 Å². The van der Waals surface area contributed by atoms with Crippen LogP contribution in [-0.4, -0.2) is 30.7 Å². The second-order valence-corrected chi connectivity index (χ2v) is 2.26. The number of carboxylic acid groups (broad SMARTS) is 1. The molecule has 1 unspecified atom stereocenters. The third kappa shape index (κ3) is 5.78. The average molecular weight is 161 g/mol. The molecular weight excluding hydrogens is 146 g/mol. The number of carbonyl (C=O) groups is 1. The minimum Gasteiger partial charge on any atom is -0.480 e. The molecule has 0 aromatic carbocycles. The van der Waals surface area contributed by atoms with Gasteiger partial charge < -0.3 is 10.8 Å². The van der Waals surface area contributed by atoms with E-state index in [0.29, 0.717) is 6.42 Å². The molecular formula is C6H15N3O2. The Bertz CT molecular complexity index is 118. The van der Waals surface area contributed by atoms with Gasteiger partial charge in [0.25, 0.3) is 0 Å². The van der Waals surface area contributed by atoms with Crippen LogP contribution in [0.15, 0.2) is 0 Å². The Morgan fingerprint density at radius 3 is 2.82 bits per heavy atom. The maximum absolute atomic E-state index is 10.2. The van der Waals surface area contributed by atoms with Gasteiger partial charge in [-0.25, -0.2) is 0 Å². The van der Waals surface area contributed by atoms with Crippen molar-refractivity contribution in [1.29, 1.82) is 0 Å². The van der Waals surface area contributed by atoms with Gasteiger partial charge in [-0.05, 0) is 19.9 Å². The molecule has 0 amide bonds. The molecule has 0 radical (unpaired) electrons. The lowest BCUT2D eigenvalue weighted by Crippen LogP contribution is -2.33. The second kappa shape index (κ2) is 6.09. The van der Waals surface area contributed by atoms with E-state index in [2.05, 4.69) is 10.9 Å². The number of carboxylic acids is 1. The van der Waals surface area contributed by atoms with Crippen LogP contribution in [0.4, 0.5) is 0 Å². The molecule has 0 aromatic rings. The van der Waals surface area contributed by atoms with Gasteiger partial charge in [-0.15, -0.1) is 0 Å². The zero-order chi connectivity index (χ0) is 8.69. The lowest BCUT2D eigenvalue weighted by Gasteiger charge is -2.05. The topological polar surface area (TPSA) is 87.4 Å². The maximum Gasteiger partial charge on any atom is 0.320 e. The summed E-state index contributed by atoms with van der Waals surface area (Å²) in [5.41, 5.74) is 10.8. The van der Waals surface area contributed by atoms with Gasteiger partial charge in [-0.2, -0.15) is 0 Å². The van der Waals surface area contributed by atoms with Crippen LogP contribution in [0.2, 0.25) is 0 Å². The molecule has 0 saturated carbocycles. The van der Waals surface area contributed by atoms with Crippen LogP contribution >= 0.6 is 0 Å². The lowest BCUT2D eigenvalue weighted by molar-refractivity contribution is -0.138. The van der Waals surface area contributed by atoms with Crippen molar-refractivity contribution < 1.29 is 9.90 Å². The van der Waals surface area contributed by atoms with E-state index < -0.39 is 12.0 Å². The van der Waals surface area contributed by atoms with Crippen LogP contribution in [-0.2, 0) is 4.79 Å². The molecule has 5 heteroatoms. The van der Waals surface area contributed by atoms with E-state index in [1.54, 1.807) is 7.05 Å². The van der Waals surface area contributed by atoms with E-state index in [9.17, 15) is 4.79 Å². The Balaban J connectivity index is 3.17. The van der Waals surface area contributed by atoms with Gasteiger partial charge in [0.2, 0.25) is 0 Å². The normalized spacial score (nSPS) is 12.9. The van der Waals surface area contributed by atoms with Gasteiger partial charge in [0.05, 0.1) is 0 Å². The first-order valence-electron chi connectivity index (χ1n) is 3.56. The summed E-state index contributed by atoms with van der Waals surface area (Å²) >= 11 is 0. The molecule has 0 heterocycles. The Morgan fingerprint density at radius 2 is 2.36 bits per heavy atom. The fourth-order valence-corrected chi connectivity index (χ4v) is 0.659. The van der Waals surface area contributed by atoms with Gasteiger partial charge in [-0.3, -0.25) is 15.6 Å². The zero-order valence-electron chi connectivity index (χ0n) is 6.63. The Labute approximate surface area is 65.9 Å². The minimum atomic E-state index is -0.936. The van der Waals surface area contributed by atoms with Gasteiger partial charge in [0.1, 0.15) is 6.04 Å². The summed E-state index contributed by atoms with van der Waals surface area (Å²) in [6, 6.07) is -0.728. The molecule has 66 valence electrons. The number of hydrazine groups is 1. The average Bonchev–Trinajstić information content (AvgIpc) is 1.97. The lowest BCUT2D eigenvalue weighted by atomic mass is 10.2. The Morgan fingerprint density at radius 1 is 1.73 bits per heavy atom. The van der Waals surface area contributed by atoms with Crippen molar-refractivity contribution in [3.8, 4) is 0 Å². The number of aliphatic carboxylic acids is 1. The van der Waals surface area contributed by atoms with E-state index in [1.165, 1.54) is 0 Å².